The molecule has 2 aromatic carbocycles. The molecule has 0 aliphatic heterocycles. The van der Waals surface area contributed by atoms with Gasteiger partial charge in [-0.25, -0.2) is 0 Å². The van der Waals surface area contributed by atoms with Crippen LogP contribution in [0.25, 0.3) is 0 Å². The maximum atomic E-state index is 4.63. The van der Waals surface area contributed by atoms with Crippen molar-refractivity contribution in [3.63, 3.8) is 0 Å². The molecule has 22 heavy (non-hydrogen) atoms. The number of hydrogen-bond donors (Lipinski definition) is 0. The van der Waals surface area contributed by atoms with Gasteiger partial charge in [0.1, 0.15) is 0 Å². The van der Waals surface area contributed by atoms with Gasteiger partial charge in [-0.2, -0.15) is 10.2 Å². The Hall–Kier alpha value is -2.48. The topological polar surface area (TPSA) is 24.7 Å². The van der Waals surface area contributed by atoms with Gasteiger partial charge in [0.2, 0.25) is 0 Å². The number of azo groups is 1. The fourth-order valence-electron chi connectivity index (χ4n) is 2.67. The van der Waals surface area contributed by atoms with E-state index in [0.717, 1.165) is 18.5 Å². The number of rotatable bonds is 5. The molecule has 0 saturated heterocycles. The van der Waals surface area contributed by atoms with E-state index in [1.807, 2.05) is 36.4 Å². The third kappa shape index (κ3) is 3.59. The van der Waals surface area contributed by atoms with Crippen molar-refractivity contribution in [3.8, 4) is 0 Å². The van der Waals surface area contributed by atoms with Gasteiger partial charge in [-0.1, -0.05) is 71.8 Å². The van der Waals surface area contributed by atoms with Crippen LogP contribution < -0.4 is 0 Å². The standard InChI is InChI=1S/C20H20N2/c1-16-9-8-12-18(16)15-20(17-10-4-2-5-11-17)22-21-19-13-6-3-7-14-19/h2-11,13-14,20H,12,15H2,1H3. The van der Waals surface area contributed by atoms with E-state index in [-0.39, 0.29) is 6.04 Å². The first-order chi connectivity index (χ1) is 10.8. The van der Waals surface area contributed by atoms with Crippen molar-refractivity contribution < 1.29 is 0 Å². The molecule has 0 saturated carbocycles. The first-order valence-electron chi connectivity index (χ1n) is 7.69. The normalized spacial score (nSPS) is 15.7. The Kier molecular flexibility index (Phi) is 4.59. The fraction of sp³-hybridized carbons (Fsp3) is 0.200. The molecule has 0 aromatic heterocycles. The lowest BCUT2D eigenvalue weighted by atomic mass is 9.97. The molecule has 0 fully saturated rings. The van der Waals surface area contributed by atoms with Crippen LogP contribution in [0, 0.1) is 0 Å². The van der Waals surface area contributed by atoms with Crippen molar-refractivity contribution in [1.82, 2.24) is 0 Å². The van der Waals surface area contributed by atoms with Crippen molar-refractivity contribution >= 4 is 5.69 Å². The zero-order chi connectivity index (χ0) is 15.2. The van der Waals surface area contributed by atoms with Gasteiger partial charge in [-0.05, 0) is 37.5 Å². The molecular weight excluding hydrogens is 268 g/mol. The predicted molar refractivity (Wildman–Crippen MR) is 91.2 cm³/mol. The van der Waals surface area contributed by atoms with Gasteiger partial charge in [-0.15, -0.1) is 0 Å². The van der Waals surface area contributed by atoms with Gasteiger partial charge in [0.05, 0.1) is 11.7 Å². The fourth-order valence-corrected chi connectivity index (χ4v) is 2.67. The highest BCUT2D eigenvalue weighted by molar-refractivity contribution is 5.36. The van der Waals surface area contributed by atoms with E-state index in [1.54, 1.807) is 0 Å². The first kappa shape index (κ1) is 14.5. The summed E-state index contributed by atoms with van der Waals surface area (Å²) >= 11 is 0. The van der Waals surface area contributed by atoms with Crippen molar-refractivity contribution in [2.45, 2.75) is 25.8 Å². The Balaban J connectivity index is 1.83. The summed E-state index contributed by atoms with van der Waals surface area (Å²) in [6, 6.07) is 20.4. The van der Waals surface area contributed by atoms with E-state index in [0.29, 0.717) is 0 Å². The monoisotopic (exact) mass is 288 g/mol. The molecule has 0 N–H and O–H groups in total. The van der Waals surface area contributed by atoms with E-state index in [4.69, 9.17) is 0 Å². The zero-order valence-corrected chi connectivity index (χ0v) is 12.8. The lowest BCUT2D eigenvalue weighted by Crippen LogP contribution is -1.97. The summed E-state index contributed by atoms with van der Waals surface area (Å²) in [5.74, 6) is 0. The first-order valence-corrected chi connectivity index (χ1v) is 7.69. The molecule has 1 aliphatic rings. The lowest BCUT2D eigenvalue weighted by Gasteiger charge is -2.13. The SMILES string of the molecule is CC1=C(CC(N=Nc2ccccc2)c2ccccc2)CC=C1. The minimum Gasteiger partial charge on any atom is -0.180 e. The number of benzene rings is 2. The average Bonchev–Trinajstić information content (AvgIpc) is 2.98. The minimum atomic E-state index is 0.0752. The highest BCUT2D eigenvalue weighted by atomic mass is 15.1. The van der Waals surface area contributed by atoms with Crippen LogP contribution in [0.3, 0.4) is 0 Å². The molecule has 2 heteroatoms. The summed E-state index contributed by atoms with van der Waals surface area (Å²) in [6.45, 7) is 2.18. The Morgan fingerprint density at radius 2 is 1.64 bits per heavy atom. The minimum absolute atomic E-state index is 0.0752. The van der Waals surface area contributed by atoms with E-state index >= 15 is 0 Å². The quantitative estimate of drug-likeness (QED) is 0.587. The third-order valence-electron chi connectivity index (χ3n) is 3.98. The molecule has 0 radical (unpaired) electrons. The molecule has 2 nitrogen and oxygen atoms in total. The molecule has 3 rings (SSSR count). The van der Waals surface area contributed by atoms with Crippen molar-refractivity contribution in [2.75, 3.05) is 0 Å². The van der Waals surface area contributed by atoms with E-state index in [2.05, 4.69) is 53.6 Å². The highest BCUT2D eigenvalue weighted by Gasteiger charge is 2.15. The third-order valence-corrected chi connectivity index (χ3v) is 3.98. The van der Waals surface area contributed by atoms with Gasteiger partial charge in [0, 0.05) is 0 Å². The molecule has 0 bridgehead atoms. The van der Waals surface area contributed by atoms with Crippen molar-refractivity contribution in [2.24, 2.45) is 10.2 Å². The van der Waals surface area contributed by atoms with Gasteiger partial charge in [-0.3, -0.25) is 0 Å². The number of nitrogens with zero attached hydrogens (tertiary/aromatic N) is 2. The Morgan fingerprint density at radius 3 is 2.27 bits per heavy atom. The van der Waals surface area contributed by atoms with Crippen LogP contribution in [0.2, 0.25) is 0 Å². The Labute approximate surface area is 131 Å². The average molecular weight is 288 g/mol. The largest absolute Gasteiger partial charge is 0.180 e. The molecule has 110 valence electrons. The van der Waals surface area contributed by atoms with Crippen LogP contribution in [0.1, 0.15) is 31.4 Å². The van der Waals surface area contributed by atoms with Gasteiger partial charge in [0.15, 0.2) is 0 Å². The molecule has 0 amide bonds. The predicted octanol–water partition coefficient (Wildman–Crippen LogP) is 6.18. The summed E-state index contributed by atoms with van der Waals surface area (Å²) in [5, 5.41) is 9.06. The molecule has 1 aliphatic carbocycles. The van der Waals surface area contributed by atoms with Gasteiger partial charge in [0.25, 0.3) is 0 Å². The van der Waals surface area contributed by atoms with Crippen LogP contribution >= 0.6 is 0 Å². The van der Waals surface area contributed by atoms with Crippen LogP contribution in [-0.2, 0) is 0 Å². The molecule has 0 spiro atoms. The molecular formula is C20H20N2. The molecule has 0 heterocycles. The van der Waals surface area contributed by atoms with E-state index in [1.165, 1.54) is 16.7 Å². The second-order valence-corrected chi connectivity index (χ2v) is 5.57. The lowest BCUT2D eigenvalue weighted by molar-refractivity contribution is 0.671. The molecule has 1 unspecified atom stereocenters. The Morgan fingerprint density at radius 1 is 0.955 bits per heavy atom. The second kappa shape index (κ2) is 6.99. The van der Waals surface area contributed by atoms with E-state index < -0.39 is 0 Å². The van der Waals surface area contributed by atoms with Crippen molar-refractivity contribution in [3.05, 3.63) is 89.5 Å². The highest BCUT2D eigenvalue weighted by Crippen LogP contribution is 2.32. The summed E-state index contributed by atoms with van der Waals surface area (Å²) in [5.41, 5.74) is 4.95. The second-order valence-electron chi connectivity index (χ2n) is 5.57. The number of hydrogen-bond acceptors (Lipinski definition) is 2. The maximum Gasteiger partial charge on any atom is 0.0999 e. The van der Waals surface area contributed by atoms with Gasteiger partial charge < -0.3 is 0 Å². The number of allylic oxidation sites excluding steroid dienone is 3. The van der Waals surface area contributed by atoms with Crippen LogP contribution in [0.15, 0.2) is 94.2 Å². The summed E-state index contributed by atoms with van der Waals surface area (Å²) in [7, 11) is 0. The zero-order valence-electron chi connectivity index (χ0n) is 12.8. The van der Waals surface area contributed by atoms with Gasteiger partial charge >= 0.3 is 0 Å². The van der Waals surface area contributed by atoms with E-state index in [9.17, 15) is 0 Å². The van der Waals surface area contributed by atoms with Crippen LogP contribution in [-0.4, -0.2) is 0 Å². The Bertz CT molecular complexity index is 697. The summed E-state index contributed by atoms with van der Waals surface area (Å²) in [6.07, 6.45) is 6.39. The summed E-state index contributed by atoms with van der Waals surface area (Å²) < 4.78 is 0. The van der Waals surface area contributed by atoms with Crippen LogP contribution in [0.4, 0.5) is 5.69 Å². The molecule has 2 aromatic rings. The summed E-state index contributed by atoms with van der Waals surface area (Å²) in [4.78, 5) is 0. The smallest absolute Gasteiger partial charge is 0.0999 e. The van der Waals surface area contributed by atoms with Crippen LogP contribution in [0.5, 0.6) is 0 Å². The maximum absolute atomic E-state index is 4.63. The van der Waals surface area contributed by atoms with Crippen molar-refractivity contribution in [1.29, 1.82) is 0 Å². The molecule has 1 atom stereocenters.